The first-order valence-corrected chi connectivity index (χ1v) is 8.31. The van der Waals surface area contributed by atoms with Crippen LogP contribution in [0.25, 0.3) is 22.4 Å². The van der Waals surface area contributed by atoms with E-state index in [0.717, 1.165) is 11.1 Å². The van der Waals surface area contributed by atoms with Crippen molar-refractivity contribution in [1.82, 2.24) is 15.3 Å². The number of imidazole rings is 1. The van der Waals surface area contributed by atoms with Crippen LogP contribution in [-0.2, 0) is 6.54 Å². The average Bonchev–Trinajstić information content (AvgIpc) is 3.14. The topological polar surface area (TPSA) is 78.0 Å². The van der Waals surface area contributed by atoms with Crippen LogP contribution in [0.3, 0.4) is 0 Å². The Balaban J connectivity index is 1.68. The molecule has 1 heterocycles. The minimum Gasteiger partial charge on any atom is -0.506 e. The number of nitrogens with zero attached hydrogens (tertiary/aromatic N) is 1. The highest BCUT2D eigenvalue weighted by Gasteiger charge is 2.17. The molecule has 0 aliphatic heterocycles. The van der Waals surface area contributed by atoms with Crippen molar-refractivity contribution in [2.45, 2.75) is 6.54 Å². The zero-order valence-electron chi connectivity index (χ0n) is 13.9. The lowest BCUT2D eigenvalue weighted by atomic mass is 10.1. The third-order valence-corrected chi connectivity index (χ3v) is 4.21. The van der Waals surface area contributed by atoms with Crippen molar-refractivity contribution in [2.24, 2.45) is 0 Å². The maximum atomic E-state index is 12.6. The monoisotopic (exact) mass is 343 g/mol. The number of phenolic OH excluding ortho intramolecular Hbond substituents is 1. The molecule has 4 rings (SSSR count). The number of hydrogen-bond acceptors (Lipinski definition) is 3. The van der Waals surface area contributed by atoms with Gasteiger partial charge in [-0.15, -0.1) is 0 Å². The van der Waals surface area contributed by atoms with Crippen LogP contribution < -0.4 is 5.32 Å². The van der Waals surface area contributed by atoms with Gasteiger partial charge in [-0.25, -0.2) is 4.98 Å². The van der Waals surface area contributed by atoms with Gasteiger partial charge in [0.05, 0.1) is 5.56 Å². The van der Waals surface area contributed by atoms with Crippen molar-refractivity contribution in [3.63, 3.8) is 0 Å². The molecular weight excluding hydrogens is 326 g/mol. The third-order valence-electron chi connectivity index (χ3n) is 4.21. The standard InChI is InChI=1S/C21H17N3O2/c25-17-12-11-16(21(26)22-13-14-7-3-1-4-8-14)18-19(17)24-20(23-18)15-9-5-2-6-10-15/h1-12,25H,13H2,(H,22,26)(H,23,24). The van der Waals surface area contributed by atoms with Gasteiger partial charge in [0.25, 0.3) is 5.91 Å². The highest BCUT2D eigenvalue weighted by atomic mass is 16.3. The average molecular weight is 343 g/mol. The van der Waals surface area contributed by atoms with Gasteiger partial charge in [0, 0.05) is 12.1 Å². The number of amides is 1. The summed E-state index contributed by atoms with van der Waals surface area (Å²) in [6.45, 7) is 0.429. The van der Waals surface area contributed by atoms with E-state index < -0.39 is 0 Å². The number of fused-ring (bicyclic) bond motifs is 1. The normalized spacial score (nSPS) is 10.8. The molecule has 5 heteroatoms. The maximum absolute atomic E-state index is 12.6. The Morgan fingerprint density at radius 3 is 2.38 bits per heavy atom. The number of nitrogens with one attached hydrogen (secondary N) is 2. The number of aromatic amines is 1. The second kappa shape index (κ2) is 6.72. The van der Waals surface area contributed by atoms with Gasteiger partial charge in [-0.1, -0.05) is 60.7 Å². The molecule has 0 saturated heterocycles. The van der Waals surface area contributed by atoms with Crippen LogP contribution in [0.1, 0.15) is 15.9 Å². The Kier molecular flexibility index (Phi) is 4.11. The highest BCUT2D eigenvalue weighted by Crippen LogP contribution is 2.29. The number of carbonyl (C=O) groups is 1. The van der Waals surface area contributed by atoms with Crippen molar-refractivity contribution >= 4 is 16.9 Å². The van der Waals surface area contributed by atoms with Gasteiger partial charge < -0.3 is 15.4 Å². The molecule has 0 saturated carbocycles. The molecule has 0 radical (unpaired) electrons. The predicted octanol–water partition coefficient (Wildman–Crippen LogP) is 3.87. The van der Waals surface area contributed by atoms with E-state index in [1.165, 1.54) is 6.07 Å². The molecule has 5 nitrogen and oxygen atoms in total. The van der Waals surface area contributed by atoms with Gasteiger partial charge >= 0.3 is 0 Å². The lowest BCUT2D eigenvalue weighted by Crippen LogP contribution is -2.23. The van der Waals surface area contributed by atoms with Crippen molar-refractivity contribution in [1.29, 1.82) is 0 Å². The number of aromatic hydroxyl groups is 1. The van der Waals surface area contributed by atoms with E-state index >= 15 is 0 Å². The molecule has 0 aliphatic rings. The van der Waals surface area contributed by atoms with Crippen molar-refractivity contribution in [3.8, 4) is 17.1 Å². The van der Waals surface area contributed by atoms with E-state index in [9.17, 15) is 9.90 Å². The second-order valence-electron chi connectivity index (χ2n) is 5.98. The summed E-state index contributed by atoms with van der Waals surface area (Å²) in [5.41, 5.74) is 3.24. The quantitative estimate of drug-likeness (QED) is 0.526. The summed E-state index contributed by atoms with van der Waals surface area (Å²) >= 11 is 0. The highest BCUT2D eigenvalue weighted by molar-refractivity contribution is 6.06. The number of H-pyrrole nitrogens is 1. The van der Waals surface area contributed by atoms with Crippen LogP contribution >= 0.6 is 0 Å². The predicted molar refractivity (Wildman–Crippen MR) is 101 cm³/mol. The Morgan fingerprint density at radius 2 is 1.65 bits per heavy atom. The summed E-state index contributed by atoms with van der Waals surface area (Å²) in [6.07, 6.45) is 0. The minimum absolute atomic E-state index is 0.0642. The van der Waals surface area contributed by atoms with Crippen LogP contribution in [0.2, 0.25) is 0 Å². The Hall–Kier alpha value is -3.60. The third kappa shape index (κ3) is 3.02. The number of rotatable bonds is 4. The number of phenols is 1. The van der Waals surface area contributed by atoms with E-state index in [4.69, 9.17) is 0 Å². The number of hydrogen-bond donors (Lipinski definition) is 3. The molecule has 0 bridgehead atoms. The SMILES string of the molecule is O=C(NCc1ccccc1)c1ccc(O)c2[nH]c(-c3ccccc3)nc12. The number of benzene rings is 3. The smallest absolute Gasteiger partial charge is 0.253 e. The van der Waals surface area contributed by atoms with Gasteiger partial charge in [0.2, 0.25) is 0 Å². The first-order chi connectivity index (χ1) is 12.7. The summed E-state index contributed by atoms with van der Waals surface area (Å²) in [7, 11) is 0. The van der Waals surface area contributed by atoms with Crippen LogP contribution in [0.15, 0.2) is 72.8 Å². The molecule has 0 aliphatic carbocycles. The molecule has 128 valence electrons. The number of aromatic nitrogens is 2. The fraction of sp³-hybridized carbons (Fsp3) is 0.0476. The van der Waals surface area contributed by atoms with Crippen LogP contribution in [0, 0.1) is 0 Å². The van der Waals surface area contributed by atoms with Gasteiger partial charge in [0.1, 0.15) is 22.6 Å². The van der Waals surface area contributed by atoms with E-state index in [1.807, 2.05) is 60.7 Å². The van der Waals surface area contributed by atoms with Crippen molar-refractivity contribution < 1.29 is 9.90 Å². The molecular formula is C21H17N3O2. The van der Waals surface area contributed by atoms with Crippen molar-refractivity contribution in [2.75, 3.05) is 0 Å². The second-order valence-corrected chi connectivity index (χ2v) is 5.98. The largest absolute Gasteiger partial charge is 0.506 e. The fourth-order valence-corrected chi connectivity index (χ4v) is 2.87. The lowest BCUT2D eigenvalue weighted by molar-refractivity contribution is 0.0952. The van der Waals surface area contributed by atoms with Gasteiger partial charge in [-0.05, 0) is 17.7 Å². The van der Waals surface area contributed by atoms with Crippen LogP contribution in [0.4, 0.5) is 0 Å². The molecule has 3 N–H and O–H groups in total. The molecule has 0 fully saturated rings. The maximum Gasteiger partial charge on any atom is 0.253 e. The van der Waals surface area contributed by atoms with Crippen molar-refractivity contribution in [3.05, 3.63) is 83.9 Å². The first kappa shape index (κ1) is 15.9. The molecule has 1 amide bonds. The summed E-state index contributed by atoms with van der Waals surface area (Å²) in [6, 6.07) is 22.4. The molecule has 26 heavy (non-hydrogen) atoms. The molecule has 0 atom stereocenters. The van der Waals surface area contributed by atoms with Crippen LogP contribution in [0.5, 0.6) is 5.75 Å². The summed E-state index contributed by atoms with van der Waals surface area (Å²) < 4.78 is 0. The Bertz CT molecular complexity index is 1060. The zero-order chi connectivity index (χ0) is 17.9. The summed E-state index contributed by atoms with van der Waals surface area (Å²) in [4.78, 5) is 20.3. The lowest BCUT2D eigenvalue weighted by Gasteiger charge is -2.06. The fourth-order valence-electron chi connectivity index (χ4n) is 2.87. The van der Waals surface area contributed by atoms with E-state index in [0.29, 0.717) is 29.0 Å². The summed E-state index contributed by atoms with van der Waals surface area (Å²) in [5.74, 6) is 0.443. The van der Waals surface area contributed by atoms with Gasteiger partial charge in [-0.3, -0.25) is 4.79 Å². The van der Waals surface area contributed by atoms with Crippen LogP contribution in [-0.4, -0.2) is 21.0 Å². The van der Waals surface area contributed by atoms with E-state index in [2.05, 4.69) is 15.3 Å². The molecule has 0 spiro atoms. The van der Waals surface area contributed by atoms with E-state index in [1.54, 1.807) is 6.07 Å². The minimum atomic E-state index is -0.232. The molecule has 4 aromatic rings. The molecule has 0 unspecified atom stereocenters. The van der Waals surface area contributed by atoms with Gasteiger partial charge in [-0.2, -0.15) is 0 Å². The Labute approximate surface area is 150 Å². The molecule has 3 aromatic carbocycles. The first-order valence-electron chi connectivity index (χ1n) is 8.31. The number of carbonyl (C=O) groups excluding carboxylic acids is 1. The summed E-state index contributed by atoms with van der Waals surface area (Å²) in [5, 5.41) is 13.0. The Morgan fingerprint density at radius 1 is 0.962 bits per heavy atom. The van der Waals surface area contributed by atoms with Gasteiger partial charge in [0.15, 0.2) is 0 Å². The van der Waals surface area contributed by atoms with E-state index in [-0.39, 0.29) is 11.7 Å². The molecule has 1 aromatic heterocycles. The zero-order valence-corrected chi connectivity index (χ0v) is 13.9.